The summed E-state index contributed by atoms with van der Waals surface area (Å²) in [5, 5.41) is 13.2. The zero-order valence-corrected chi connectivity index (χ0v) is 13.2. The quantitative estimate of drug-likeness (QED) is 0.861. The molecule has 122 valence electrons. The Kier molecular flexibility index (Phi) is 5.36. The summed E-state index contributed by atoms with van der Waals surface area (Å²) < 4.78 is 13.4. The van der Waals surface area contributed by atoms with Gasteiger partial charge < -0.3 is 10.4 Å². The minimum Gasteiger partial charge on any atom is -0.396 e. The molecule has 0 amide bonds. The highest BCUT2D eigenvalue weighted by atomic mass is 19.1. The molecular weight excluding hydrogens is 291 g/mol. The van der Waals surface area contributed by atoms with Crippen molar-refractivity contribution in [1.29, 1.82) is 0 Å². The monoisotopic (exact) mass is 314 g/mol. The number of fused-ring (bicyclic) bond motifs is 1. The van der Waals surface area contributed by atoms with E-state index in [1.807, 2.05) is 24.3 Å². The van der Waals surface area contributed by atoms with Crippen LogP contribution in [0.3, 0.4) is 0 Å². The first kappa shape index (κ1) is 16.1. The van der Waals surface area contributed by atoms with Gasteiger partial charge in [0.05, 0.1) is 0 Å². The number of aromatic nitrogens is 1. The van der Waals surface area contributed by atoms with Gasteiger partial charge >= 0.3 is 0 Å². The molecule has 0 radical (unpaired) electrons. The molecule has 1 aromatic carbocycles. The average Bonchev–Trinajstić information content (AvgIpc) is 2.59. The van der Waals surface area contributed by atoms with E-state index in [4.69, 9.17) is 0 Å². The Hall–Kier alpha value is -1.78. The molecule has 0 saturated heterocycles. The van der Waals surface area contributed by atoms with E-state index in [2.05, 4.69) is 10.3 Å². The van der Waals surface area contributed by atoms with Crippen molar-refractivity contribution in [1.82, 2.24) is 10.3 Å². The van der Waals surface area contributed by atoms with Gasteiger partial charge in [0.15, 0.2) is 0 Å². The second-order valence-corrected chi connectivity index (χ2v) is 6.27. The van der Waals surface area contributed by atoms with Crippen molar-refractivity contribution < 1.29 is 9.50 Å². The van der Waals surface area contributed by atoms with Crippen molar-refractivity contribution in [2.24, 2.45) is 5.92 Å². The highest BCUT2D eigenvalue weighted by Gasteiger charge is 2.21. The Morgan fingerprint density at radius 2 is 2.22 bits per heavy atom. The fourth-order valence-electron chi connectivity index (χ4n) is 3.32. The molecule has 0 saturated carbocycles. The van der Waals surface area contributed by atoms with Crippen molar-refractivity contribution >= 4 is 0 Å². The van der Waals surface area contributed by atoms with Crippen LogP contribution < -0.4 is 5.32 Å². The van der Waals surface area contributed by atoms with Gasteiger partial charge in [0.25, 0.3) is 0 Å². The van der Waals surface area contributed by atoms with Crippen molar-refractivity contribution in [2.75, 3.05) is 13.2 Å². The molecule has 2 N–H and O–H groups in total. The smallest absolute Gasteiger partial charge is 0.123 e. The maximum absolute atomic E-state index is 13.4. The van der Waals surface area contributed by atoms with Crippen LogP contribution in [0.4, 0.5) is 4.39 Å². The molecular formula is C19H23FN2O. The van der Waals surface area contributed by atoms with Crippen LogP contribution in [0.25, 0.3) is 0 Å². The molecule has 0 aliphatic heterocycles. The molecule has 2 unspecified atom stereocenters. The van der Waals surface area contributed by atoms with Crippen LogP contribution in [-0.4, -0.2) is 23.2 Å². The number of halogens is 1. The molecule has 1 aliphatic carbocycles. The predicted octanol–water partition coefficient (Wildman–Crippen LogP) is 3.04. The number of benzene rings is 1. The lowest BCUT2D eigenvalue weighted by atomic mass is 9.87. The number of aliphatic hydroxyl groups excluding tert-OH is 1. The van der Waals surface area contributed by atoms with Crippen LogP contribution >= 0.6 is 0 Å². The summed E-state index contributed by atoms with van der Waals surface area (Å²) in [5.41, 5.74) is 3.31. The summed E-state index contributed by atoms with van der Waals surface area (Å²) in [6.07, 6.45) is 5.61. The van der Waals surface area contributed by atoms with E-state index in [9.17, 15) is 9.50 Å². The molecule has 3 nitrogen and oxygen atoms in total. The highest BCUT2D eigenvalue weighted by molar-refractivity contribution is 5.32. The van der Waals surface area contributed by atoms with Crippen molar-refractivity contribution in [3.63, 3.8) is 0 Å². The lowest BCUT2D eigenvalue weighted by molar-refractivity contribution is 0.215. The summed E-state index contributed by atoms with van der Waals surface area (Å²) in [7, 11) is 0. The van der Waals surface area contributed by atoms with Gasteiger partial charge in [-0.1, -0.05) is 12.1 Å². The largest absolute Gasteiger partial charge is 0.396 e. The van der Waals surface area contributed by atoms with E-state index >= 15 is 0 Å². The Bertz CT molecular complexity index is 633. The van der Waals surface area contributed by atoms with Crippen molar-refractivity contribution in [3.05, 3.63) is 65.2 Å². The fourth-order valence-corrected chi connectivity index (χ4v) is 3.32. The lowest BCUT2D eigenvalue weighted by Crippen LogP contribution is -2.32. The third-order valence-electron chi connectivity index (χ3n) is 4.55. The zero-order chi connectivity index (χ0) is 16.1. The molecule has 0 fully saturated rings. The van der Waals surface area contributed by atoms with E-state index in [1.165, 1.54) is 11.6 Å². The van der Waals surface area contributed by atoms with Gasteiger partial charge in [-0.05, 0) is 67.0 Å². The number of rotatable bonds is 6. The molecule has 4 heteroatoms. The van der Waals surface area contributed by atoms with Crippen LogP contribution in [0.15, 0.2) is 42.6 Å². The topological polar surface area (TPSA) is 45.1 Å². The van der Waals surface area contributed by atoms with Gasteiger partial charge in [0.1, 0.15) is 5.82 Å². The standard InChI is InChI=1S/C19H23FN2O/c20-16-7-8-18-15(11-16)4-3-6-19(18)22-12-14(13-23)10-17-5-1-2-9-21-17/h1-2,5,7-9,11,14,19,22-23H,3-4,6,10,12-13H2. The molecule has 0 spiro atoms. The number of aryl methyl sites for hydroxylation is 1. The first-order valence-corrected chi connectivity index (χ1v) is 8.28. The Morgan fingerprint density at radius 1 is 1.30 bits per heavy atom. The number of aliphatic hydroxyl groups is 1. The minimum absolute atomic E-state index is 0.132. The Labute approximate surface area is 136 Å². The van der Waals surface area contributed by atoms with E-state index in [1.54, 1.807) is 12.3 Å². The van der Waals surface area contributed by atoms with Gasteiger partial charge in [-0.15, -0.1) is 0 Å². The van der Waals surface area contributed by atoms with Gasteiger partial charge in [-0.2, -0.15) is 0 Å². The van der Waals surface area contributed by atoms with Gasteiger partial charge in [0, 0.05) is 31.1 Å². The number of nitrogens with zero attached hydrogens (tertiary/aromatic N) is 1. The molecule has 2 aromatic rings. The molecule has 1 aliphatic rings. The van der Waals surface area contributed by atoms with E-state index in [-0.39, 0.29) is 24.4 Å². The number of hydrogen-bond acceptors (Lipinski definition) is 3. The molecule has 0 bridgehead atoms. The fraction of sp³-hybridized carbons (Fsp3) is 0.421. The Balaban J connectivity index is 1.61. The van der Waals surface area contributed by atoms with Crippen molar-refractivity contribution in [2.45, 2.75) is 31.7 Å². The molecule has 1 heterocycles. The summed E-state index contributed by atoms with van der Waals surface area (Å²) in [4.78, 5) is 4.33. The van der Waals surface area contributed by atoms with Crippen LogP contribution in [0, 0.1) is 11.7 Å². The van der Waals surface area contributed by atoms with Crippen LogP contribution in [0.1, 0.15) is 35.7 Å². The van der Waals surface area contributed by atoms with E-state index in [0.29, 0.717) is 0 Å². The predicted molar refractivity (Wildman–Crippen MR) is 88.6 cm³/mol. The van der Waals surface area contributed by atoms with E-state index in [0.717, 1.165) is 43.5 Å². The maximum Gasteiger partial charge on any atom is 0.123 e. The normalized spacial score (nSPS) is 18.4. The second-order valence-electron chi connectivity index (χ2n) is 6.27. The average molecular weight is 314 g/mol. The number of pyridine rings is 1. The minimum atomic E-state index is -0.159. The first-order valence-electron chi connectivity index (χ1n) is 8.28. The van der Waals surface area contributed by atoms with Crippen LogP contribution in [-0.2, 0) is 12.8 Å². The van der Waals surface area contributed by atoms with Gasteiger partial charge in [-0.3, -0.25) is 4.98 Å². The first-order chi connectivity index (χ1) is 11.3. The summed E-state index contributed by atoms with van der Waals surface area (Å²) in [6, 6.07) is 11.2. The van der Waals surface area contributed by atoms with Crippen molar-refractivity contribution in [3.8, 4) is 0 Å². The lowest BCUT2D eigenvalue weighted by Gasteiger charge is -2.28. The molecule has 3 rings (SSSR count). The third-order valence-corrected chi connectivity index (χ3v) is 4.55. The maximum atomic E-state index is 13.4. The van der Waals surface area contributed by atoms with E-state index < -0.39 is 0 Å². The zero-order valence-electron chi connectivity index (χ0n) is 13.2. The summed E-state index contributed by atoms with van der Waals surface area (Å²) in [6.45, 7) is 0.862. The summed E-state index contributed by atoms with van der Waals surface area (Å²) >= 11 is 0. The molecule has 23 heavy (non-hydrogen) atoms. The van der Waals surface area contributed by atoms with Crippen LogP contribution in [0.5, 0.6) is 0 Å². The Morgan fingerprint density at radius 3 is 3.00 bits per heavy atom. The number of hydrogen-bond donors (Lipinski definition) is 2. The third kappa shape index (κ3) is 4.15. The van der Waals surface area contributed by atoms with Gasteiger partial charge in [0.2, 0.25) is 0 Å². The summed E-state index contributed by atoms with van der Waals surface area (Å²) in [5.74, 6) is -0.0245. The molecule has 1 aromatic heterocycles. The second kappa shape index (κ2) is 7.66. The van der Waals surface area contributed by atoms with Gasteiger partial charge in [-0.25, -0.2) is 4.39 Å². The molecule has 2 atom stereocenters. The SMILES string of the molecule is OCC(CNC1CCCc2cc(F)ccc21)Cc1ccccn1. The highest BCUT2D eigenvalue weighted by Crippen LogP contribution is 2.30. The van der Waals surface area contributed by atoms with Crippen LogP contribution in [0.2, 0.25) is 0 Å². The number of nitrogens with one attached hydrogen (secondary N) is 1.